The molecule has 2 rings (SSSR count). The summed E-state index contributed by atoms with van der Waals surface area (Å²) in [4.78, 5) is 25.3. The van der Waals surface area contributed by atoms with Gasteiger partial charge in [-0.2, -0.15) is 0 Å². The van der Waals surface area contributed by atoms with Gasteiger partial charge in [-0.3, -0.25) is 4.57 Å². The van der Waals surface area contributed by atoms with Crippen molar-refractivity contribution in [2.75, 3.05) is 6.61 Å². The lowest BCUT2D eigenvalue weighted by Crippen LogP contribution is -2.16. The maximum atomic E-state index is 11.4. The van der Waals surface area contributed by atoms with E-state index in [-0.39, 0.29) is 12.3 Å². The molecule has 1 atom stereocenters. The molecular formula is C13H14N2O4. The van der Waals surface area contributed by atoms with Gasteiger partial charge in [0.1, 0.15) is 0 Å². The van der Waals surface area contributed by atoms with E-state index in [0.717, 1.165) is 0 Å². The van der Waals surface area contributed by atoms with E-state index in [0.29, 0.717) is 11.3 Å². The van der Waals surface area contributed by atoms with Gasteiger partial charge >= 0.3 is 11.7 Å². The van der Waals surface area contributed by atoms with Crippen LogP contribution in [0.25, 0.3) is 5.69 Å². The predicted octanol–water partition coefficient (Wildman–Crippen LogP) is 0.762. The van der Waals surface area contributed by atoms with Crippen LogP contribution in [0.15, 0.2) is 41.5 Å². The molecule has 6 heteroatoms. The van der Waals surface area contributed by atoms with Crippen molar-refractivity contribution < 1.29 is 14.6 Å². The van der Waals surface area contributed by atoms with Crippen molar-refractivity contribution in [1.29, 1.82) is 0 Å². The number of aromatic nitrogens is 2. The molecule has 1 unspecified atom stereocenters. The summed E-state index contributed by atoms with van der Waals surface area (Å²) in [6.07, 6.45) is 1.82. The van der Waals surface area contributed by atoms with E-state index in [2.05, 4.69) is 4.98 Å². The van der Waals surface area contributed by atoms with Gasteiger partial charge in [-0.25, -0.2) is 9.59 Å². The minimum Gasteiger partial charge on any atom is -0.464 e. The summed E-state index contributed by atoms with van der Waals surface area (Å²) in [5.74, 6) is -0.686. The number of aliphatic hydroxyl groups is 1. The van der Waals surface area contributed by atoms with Gasteiger partial charge in [0, 0.05) is 12.4 Å². The molecule has 0 spiro atoms. The van der Waals surface area contributed by atoms with E-state index in [9.17, 15) is 14.7 Å². The highest BCUT2D eigenvalue weighted by atomic mass is 16.5. The second-order valence-electron chi connectivity index (χ2n) is 3.88. The molecule has 100 valence electrons. The van der Waals surface area contributed by atoms with E-state index in [1.54, 1.807) is 37.4 Å². The SMILES string of the molecule is CCOC(=O)C(O)c1ccc(-n2cc[nH]c2=O)cc1. The van der Waals surface area contributed by atoms with Crippen LogP contribution in [-0.2, 0) is 9.53 Å². The van der Waals surface area contributed by atoms with Crippen molar-refractivity contribution in [3.8, 4) is 5.69 Å². The number of ether oxygens (including phenoxy) is 1. The average molecular weight is 262 g/mol. The zero-order valence-electron chi connectivity index (χ0n) is 10.4. The number of hydrogen-bond acceptors (Lipinski definition) is 4. The molecule has 2 N–H and O–H groups in total. The minimum absolute atomic E-state index is 0.215. The summed E-state index contributed by atoms with van der Waals surface area (Å²) in [5, 5.41) is 9.75. The predicted molar refractivity (Wildman–Crippen MR) is 68.0 cm³/mol. The fourth-order valence-corrected chi connectivity index (χ4v) is 1.70. The molecule has 19 heavy (non-hydrogen) atoms. The van der Waals surface area contributed by atoms with Crippen LogP contribution in [0.3, 0.4) is 0 Å². The number of aliphatic hydroxyl groups excluding tert-OH is 1. The number of benzene rings is 1. The lowest BCUT2D eigenvalue weighted by Gasteiger charge is -2.10. The van der Waals surface area contributed by atoms with E-state index >= 15 is 0 Å². The monoisotopic (exact) mass is 262 g/mol. The molecule has 0 bridgehead atoms. The summed E-state index contributed by atoms with van der Waals surface area (Å²) in [7, 11) is 0. The first-order valence-electron chi connectivity index (χ1n) is 5.84. The lowest BCUT2D eigenvalue weighted by atomic mass is 10.1. The smallest absolute Gasteiger partial charge is 0.339 e. The lowest BCUT2D eigenvalue weighted by molar-refractivity contribution is -0.153. The molecule has 0 amide bonds. The van der Waals surface area contributed by atoms with E-state index < -0.39 is 12.1 Å². The molecule has 1 aromatic carbocycles. The van der Waals surface area contributed by atoms with Crippen LogP contribution in [0.1, 0.15) is 18.6 Å². The first-order chi connectivity index (χ1) is 9.13. The van der Waals surface area contributed by atoms with E-state index in [4.69, 9.17) is 4.74 Å². The van der Waals surface area contributed by atoms with Crippen LogP contribution in [0.5, 0.6) is 0 Å². The summed E-state index contributed by atoms with van der Waals surface area (Å²) in [6, 6.07) is 6.45. The number of rotatable bonds is 4. The van der Waals surface area contributed by atoms with Gasteiger partial charge in [0.15, 0.2) is 6.10 Å². The highest BCUT2D eigenvalue weighted by Gasteiger charge is 2.18. The Hall–Kier alpha value is -2.34. The Kier molecular flexibility index (Phi) is 3.82. The van der Waals surface area contributed by atoms with Crippen molar-refractivity contribution in [2.45, 2.75) is 13.0 Å². The number of carbonyl (C=O) groups excluding carboxylic acids is 1. The largest absolute Gasteiger partial charge is 0.464 e. The molecule has 0 fully saturated rings. The highest BCUT2D eigenvalue weighted by Crippen LogP contribution is 2.16. The van der Waals surface area contributed by atoms with Crippen LogP contribution in [0.2, 0.25) is 0 Å². The Morgan fingerprint density at radius 2 is 2.11 bits per heavy atom. The number of aromatic amines is 1. The van der Waals surface area contributed by atoms with E-state index in [1.807, 2.05) is 0 Å². The quantitative estimate of drug-likeness (QED) is 0.797. The standard InChI is InChI=1S/C13H14N2O4/c1-2-19-12(17)11(16)9-3-5-10(6-4-9)15-8-7-14-13(15)18/h3-8,11,16H,2H2,1H3,(H,14,18). The Morgan fingerprint density at radius 1 is 1.42 bits per heavy atom. The number of esters is 1. The fraction of sp³-hybridized carbons (Fsp3) is 0.231. The average Bonchev–Trinajstić information content (AvgIpc) is 2.84. The van der Waals surface area contributed by atoms with Crippen molar-refractivity contribution in [2.24, 2.45) is 0 Å². The summed E-state index contributed by atoms with van der Waals surface area (Å²) >= 11 is 0. The molecule has 0 saturated heterocycles. The van der Waals surface area contributed by atoms with Gasteiger partial charge in [-0.05, 0) is 24.6 Å². The van der Waals surface area contributed by atoms with Gasteiger partial charge < -0.3 is 14.8 Å². The summed E-state index contributed by atoms with van der Waals surface area (Å²) in [5.41, 5.74) is 0.815. The third kappa shape index (κ3) is 2.74. The normalized spacial score (nSPS) is 12.1. The maximum absolute atomic E-state index is 11.4. The number of hydrogen-bond donors (Lipinski definition) is 2. The number of nitrogens with one attached hydrogen (secondary N) is 1. The van der Waals surface area contributed by atoms with Crippen molar-refractivity contribution in [1.82, 2.24) is 9.55 Å². The molecule has 0 aliphatic carbocycles. The van der Waals surface area contributed by atoms with Gasteiger partial charge in [0.25, 0.3) is 0 Å². The van der Waals surface area contributed by atoms with Crippen LogP contribution in [-0.4, -0.2) is 27.2 Å². The third-order valence-electron chi connectivity index (χ3n) is 2.65. The van der Waals surface area contributed by atoms with E-state index in [1.165, 1.54) is 10.8 Å². The zero-order valence-corrected chi connectivity index (χ0v) is 10.4. The molecule has 0 radical (unpaired) electrons. The molecular weight excluding hydrogens is 248 g/mol. The van der Waals surface area contributed by atoms with Crippen LogP contribution >= 0.6 is 0 Å². The Labute approximate surface area is 109 Å². The second-order valence-corrected chi connectivity index (χ2v) is 3.88. The third-order valence-corrected chi connectivity index (χ3v) is 2.65. The van der Waals surface area contributed by atoms with Crippen molar-refractivity contribution in [3.05, 3.63) is 52.7 Å². The molecule has 1 heterocycles. The first-order valence-corrected chi connectivity index (χ1v) is 5.84. The van der Waals surface area contributed by atoms with Crippen LogP contribution in [0, 0.1) is 0 Å². The van der Waals surface area contributed by atoms with Gasteiger partial charge in [0.05, 0.1) is 12.3 Å². The number of nitrogens with zero attached hydrogens (tertiary/aromatic N) is 1. The van der Waals surface area contributed by atoms with Crippen LogP contribution < -0.4 is 5.69 Å². The second kappa shape index (κ2) is 5.53. The zero-order chi connectivity index (χ0) is 13.8. The summed E-state index contributed by atoms with van der Waals surface area (Å²) < 4.78 is 6.15. The molecule has 2 aromatic rings. The molecule has 6 nitrogen and oxygen atoms in total. The molecule has 0 saturated carbocycles. The van der Waals surface area contributed by atoms with Crippen molar-refractivity contribution in [3.63, 3.8) is 0 Å². The molecule has 0 aliphatic heterocycles. The van der Waals surface area contributed by atoms with Gasteiger partial charge in [-0.1, -0.05) is 12.1 Å². The first kappa shape index (κ1) is 13.1. The number of carbonyl (C=O) groups is 1. The maximum Gasteiger partial charge on any atom is 0.339 e. The highest BCUT2D eigenvalue weighted by molar-refractivity contribution is 5.76. The molecule has 0 aliphatic rings. The number of imidazole rings is 1. The fourth-order valence-electron chi connectivity index (χ4n) is 1.70. The molecule has 1 aromatic heterocycles. The van der Waals surface area contributed by atoms with Gasteiger partial charge in [-0.15, -0.1) is 0 Å². The Balaban J connectivity index is 2.22. The minimum atomic E-state index is -1.31. The topological polar surface area (TPSA) is 84.3 Å². The summed E-state index contributed by atoms with van der Waals surface area (Å²) in [6.45, 7) is 1.89. The number of H-pyrrole nitrogens is 1. The van der Waals surface area contributed by atoms with Crippen molar-refractivity contribution >= 4 is 5.97 Å². The Morgan fingerprint density at radius 3 is 2.63 bits per heavy atom. The Bertz CT molecular complexity index is 612. The van der Waals surface area contributed by atoms with Crippen LogP contribution in [0.4, 0.5) is 0 Å². The van der Waals surface area contributed by atoms with Gasteiger partial charge in [0.2, 0.25) is 0 Å².